The van der Waals surface area contributed by atoms with Crippen molar-refractivity contribution >= 4 is 21.6 Å². The summed E-state index contributed by atoms with van der Waals surface area (Å²) in [5, 5.41) is 2.89. The van der Waals surface area contributed by atoms with E-state index in [-0.39, 0.29) is 29.9 Å². The quantitative estimate of drug-likeness (QED) is 0.694. The van der Waals surface area contributed by atoms with Crippen LogP contribution in [0.5, 0.6) is 0 Å². The van der Waals surface area contributed by atoms with Gasteiger partial charge in [0.05, 0.1) is 11.5 Å². The largest absolute Gasteiger partial charge is 0.383 e. The van der Waals surface area contributed by atoms with Crippen LogP contribution >= 0.6 is 0 Å². The van der Waals surface area contributed by atoms with Crippen LogP contribution in [0.15, 0.2) is 53.4 Å². The second-order valence-electron chi connectivity index (χ2n) is 6.11. The SMILES string of the molecule is COCCNS(=O)(=O)c1ccc(C(=O)Nc2ccccc2C(C)C)cc1. The fourth-order valence-corrected chi connectivity index (χ4v) is 3.47. The highest BCUT2D eigenvalue weighted by Crippen LogP contribution is 2.24. The van der Waals surface area contributed by atoms with Crippen LogP contribution in [-0.4, -0.2) is 34.6 Å². The van der Waals surface area contributed by atoms with Gasteiger partial charge in [-0.3, -0.25) is 4.79 Å². The van der Waals surface area contributed by atoms with E-state index in [1.165, 1.54) is 31.4 Å². The maximum Gasteiger partial charge on any atom is 0.255 e. The molecule has 0 atom stereocenters. The zero-order valence-electron chi connectivity index (χ0n) is 15.2. The van der Waals surface area contributed by atoms with E-state index in [1.807, 2.05) is 24.3 Å². The molecule has 0 bridgehead atoms. The van der Waals surface area contributed by atoms with Gasteiger partial charge in [-0.05, 0) is 41.8 Å². The molecule has 2 N–H and O–H groups in total. The molecule has 140 valence electrons. The maximum atomic E-state index is 12.5. The molecule has 2 aromatic rings. The Bertz CT molecular complexity index is 846. The molecule has 2 rings (SSSR count). The highest BCUT2D eigenvalue weighted by atomic mass is 32.2. The smallest absolute Gasteiger partial charge is 0.255 e. The average Bonchev–Trinajstić information content (AvgIpc) is 2.62. The molecule has 0 heterocycles. The lowest BCUT2D eigenvalue weighted by Crippen LogP contribution is -2.27. The van der Waals surface area contributed by atoms with Crippen molar-refractivity contribution < 1.29 is 17.9 Å². The van der Waals surface area contributed by atoms with E-state index < -0.39 is 10.0 Å². The van der Waals surface area contributed by atoms with E-state index in [1.54, 1.807) is 0 Å². The van der Waals surface area contributed by atoms with E-state index in [9.17, 15) is 13.2 Å². The molecular formula is C19H24N2O4S. The van der Waals surface area contributed by atoms with E-state index in [0.717, 1.165) is 11.3 Å². The lowest BCUT2D eigenvalue weighted by molar-refractivity contribution is 0.102. The minimum atomic E-state index is -3.61. The second-order valence-corrected chi connectivity index (χ2v) is 7.88. The highest BCUT2D eigenvalue weighted by molar-refractivity contribution is 7.89. The van der Waals surface area contributed by atoms with Gasteiger partial charge >= 0.3 is 0 Å². The number of nitrogens with one attached hydrogen (secondary N) is 2. The average molecular weight is 376 g/mol. The lowest BCUT2D eigenvalue weighted by Gasteiger charge is -2.14. The van der Waals surface area contributed by atoms with Crippen LogP contribution in [0.2, 0.25) is 0 Å². The van der Waals surface area contributed by atoms with Crippen molar-refractivity contribution in [3.05, 3.63) is 59.7 Å². The summed E-state index contributed by atoms with van der Waals surface area (Å²) in [7, 11) is -2.11. The number of para-hydroxylation sites is 1. The first-order chi connectivity index (χ1) is 12.3. The van der Waals surface area contributed by atoms with Crippen molar-refractivity contribution in [2.24, 2.45) is 0 Å². The van der Waals surface area contributed by atoms with Crippen molar-refractivity contribution in [2.75, 3.05) is 25.6 Å². The van der Waals surface area contributed by atoms with E-state index in [2.05, 4.69) is 23.9 Å². The number of rotatable bonds is 8. The number of ether oxygens (including phenoxy) is 1. The standard InChI is InChI=1S/C19H24N2O4S/c1-14(2)17-6-4-5-7-18(17)21-19(22)15-8-10-16(11-9-15)26(23,24)20-12-13-25-3/h4-11,14,20H,12-13H2,1-3H3,(H,21,22). The molecule has 0 fully saturated rings. The summed E-state index contributed by atoms with van der Waals surface area (Å²) in [5.74, 6) is -0.00779. The zero-order valence-corrected chi connectivity index (χ0v) is 16.0. The first-order valence-corrected chi connectivity index (χ1v) is 9.82. The molecule has 0 unspecified atom stereocenters. The monoisotopic (exact) mass is 376 g/mol. The summed E-state index contributed by atoms with van der Waals surface area (Å²) in [6.07, 6.45) is 0. The summed E-state index contributed by atoms with van der Waals surface area (Å²) in [4.78, 5) is 12.6. The Labute approximate surface area is 154 Å². The van der Waals surface area contributed by atoms with Crippen molar-refractivity contribution in [2.45, 2.75) is 24.7 Å². The van der Waals surface area contributed by atoms with E-state index >= 15 is 0 Å². The molecule has 0 radical (unpaired) electrons. The Balaban J connectivity index is 2.12. The molecule has 7 heteroatoms. The van der Waals surface area contributed by atoms with Crippen LogP contribution < -0.4 is 10.0 Å². The Hall–Kier alpha value is -2.22. The van der Waals surface area contributed by atoms with Crippen LogP contribution in [0.1, 0.15) is 35.7 Å². The molecule has 0 saturated heterocycles. The number of hydrogen-bond acceptors (Lipinski definition) is 4. The number of carbonyl (C=O) groups excluding carboxylic acids is 1. The second kappa shape index (κ2) is 8.93. The molecule has 0 aliphatic carbocycles. The number of methoxy groups -OCH3 is 1. The van der Waals surface area contributed by atoms with Gasteiger partial charge in [-0.1, -0.05) is 32.0 Å². The topological polar surface area (TPSA) is 84.5 Å². The van der Waals surface area contributed by atoms with Gasteiger partial charge in [-0.15, -0.1) is 0 Å². The molecule has 26 heavy (non-hydrogen) atoms. The predicted molar refractivity (Wildman–Crippen MR) is 102 cm³/mol. The Morgan fingerprint density at radius 3 is 2.35 bits per heavy atom. The van der Waals surface area contributed by atoms with Gasteiger partial charge in [-0.2, -0.15) is 0 Å². The van der Waals surface area contributed by atoms with Gasteiger partial charge in [0.1, 0.15) is 0 Å². The van der Waals surface area contributed by atoms with Crippen molar-refractivity contribution in [3.63, 3.8) is 0 Å². The summed E-state index contributed by atoms with van der Waals surface area (Å²) >= 11 is 0. The summed E-state index contributed by atoms with van der Waals surface area (Å²) in [5.41, 5.74) is 2.19. The van der Waals surface area contributed by atoms with Crippen LogP contribution in [-0.2, 0) is 14.8 Å². The fourth-order valence-electron chi connectivity index (χ4n) is 2.46. The highest BCUT2D eigenvalue weighted by Gasteiger charge is 2.15. The molecule has 0 aromatic heterocycles. The van der Waals surface area contributed by atoms with Crippen molar-refractivity contribution in [1.29, 1.82) is 0 Å². The molecular weight excluding hydrogens is 352 g/mol. The molecule has 0 aliphatic heterocycles. The number of benzene rings is 2. The molecule has 0 spiro atoms. The van der Waals surface area contributed by atoms with Gasteiger partial charge in [0.2, 0.25) is 10.0 Å². The molecule has 2 aromatic carbocycles. The summed E-state index contributed by atoms with van der Waals surface area (Å²) < 4.78 is 31.5. The first-order valence-electron chi connectivity index (χ1n) is 8.34. The summed E-state index contributed by atoms with van der Waals surface area (Å²) in [6, 6.07) is 13.4. The molecule has 1 amide bonds. The predicted octanol–water partition coefficient (Wildman–Crippen LogP) is 2.99. The minimum absolute atomic E-state index is 0.104. The van der Waals surface area contributed by atoms with Crippen LogP contribution in [0, 0.1) is 0 Å². The van der Waals surface area contributed by atoms with Crippen LogP contribution in [0.3, 0.4) is 0 Å². The Morgan fingerprint density at radius 2 is 1.73 bits per heavy atom. The maximum absolute atomic E-state index is 12.5. The van der Waals surface area contributed by atoms with E-state index in [0.29, 0.717) is 5.56 Å². The number of amides is 1. The van der Waals surface area contributed by atoms with Gasteiger partial charge in [0.15, 0.2) is 0 Å². The third-order valence-corrected chi connectivity index (χ3v) is 5.33. The number of carbonyl (C=O) groups is 1. The fraction of sp³-hybridized carbons (Fsp3) is 0.316. The first kappa shape index (κ1) is 20.1. The van der Waals surface area contributed by atoms with Gasteiger partial charge in [0.25, 0.3) is 5.91 Å². The third kappa shape index (κ3) is 5.14. The number of sulfonamides is 1. The summed E-state index contributed by atoms with van der Waals surface area (Å²) in [6.45, 7) is 4.59. The third-order valence-electron chi connectivity index (χ3n) is 3.86. The minimum Gasteiger partial charge on any atom is -0.383 e. The van der Waals surface area contributed by atoms with Crippen LogP contribution in [0.25, 0.3) is 0 Å². The van der Waals surface area contributed by atoms with Gasteiger partial charge in [0, 0.05) is 24.9 Å². The Kier molecular flexibility index (Phi) is 6.90. The van der Waals surface area contributed by atoms with Crippen molar-refractivity contribution in [1.82, 2.24) is 4.72 Å². The normalized spacial score (nSPS) is 11.5. The van der Waals surface area contributed by atoms with Gasteiger partial charge in [-0.25, -0.2) is 13.1 Å². The van der Waals surface area contributed by atoms with Crippen molar-refractivity contribution in [3.8, 4) is 0 Å². The lowest BCUT2D eigenvalue weighted by atomic mass is 10.0. The molecule has 0 saturated carbocycles. The molecule has 0 aliphatic rings. The molecule has 6 nitrogen and oxygen atoms in total. The van der Waals surface area contributed by atoms with Crippen LogP contribution in [0.4, 0.5) is 5.69 Å². The zero-order chi connectivity index (χ0) is 19.2. The number of hydrogen-bond donors (Lipinski definition) is 2. The Morgan fingerprint density at radius 1 is 1.08 bits per heavy atom. The number of anilines is 1. The van der Waals surface area contributed by atoms with E-state index in [4.69, 9.17) is 4.74 Å². The van der Waals surface area contributed by atoms with Gasteiger partial charge < -0.3 is 10.1 Å².